The number of aromatic nitrogens is 5. The fourth-order valence-electron chi connectivity index (χ4n) is 1.28. The molecule has 0 aromatic carbocycles. The van der Waals surface area contributed by atoms with Crippen molar-refractivity contribution in [3.63, 3.8) is 0 Å². The fraction of sp³-hybridized carbons (Fsp3) is 0.400. The normalized spacial score (nSPS) is 10.6. The van der Waals surface area contributed by atoms with Crippen molar-refractivity contribution in [3.05, 3.63) is 30.2 Å². The number of thioether (sulfide) groups is 1. The molecule has 0 N–H and O–H groups in total. The number of tetrazole rings is 1. The molecule has 0 radical (unpaired) electrons. The molecular formula is C10H13N5S. The van der Waals surface area contributed by atoms with Gasteiger partial charge in [-0.15, -0.1) is 5.10 Å². The van der Waals surface area contributed by atoms with E-state index < -0.39 is 0 Å². The molecule has 0 bridgehead atoms. The molecule has 0 aliphatic carbocycles. The second kappa shape index (κ2) is 5.60. The van der Waals surface area contributed by atoms with Gasteiger partial charge in [0.25, 0.3) is 0 Å². The van der Waals surface area contributed by atoms with Crippen LogP contribution in [0.4, 0.5) is 0 Å². The summed E-state index contributed by atoms with van der Waals surface area (Å²) in [4.78, 5) is 4.24. The zero-order valence-corrected chi connectivity index (χ0v) is 9.89. The van der Waals surface area contributed by atoms with Gasteiger partial charge in [-0.3, -0.25) is 0 Å². The minimum Gasteiger partial charge on any atom is -0.250 e. The van der Waals surface area contributed by atoms with Gasteiger partial charge in [0.05, 0.1) is 10.8 Å². The fourth-order valence-corrected chi connectivity index (χ4v) is 2.08. The molecule has 0 unspecified atom stereocenters. The molecule has 0 atom stereocenters. The summed E-state index contributed by atoms with van der Waals surface area (Å²) in [5.74, 6) is 1.65. The number of nitrogens with zero attached hydrogens (tertiary/aromatic N) is 5. The van der Waals surface area contributed by atoms with E-state index in [2.05, 4.69) is 27.4 Å². The minimum absolute atomic E-state index is 0.754. The third kappa shape index (κ3) is 2.79. The molecule has 5 nitrogen and oxygen atoms in total. The predicted octanol–water partition coefficient (Wildman–Crippen LogP) is 1.77. The van der Waals surface area contributed by atoms with E-state index in [1.807, 2.05) is 22.9 Å². The molecule has 0 saturated heterocycles. The van der Waals surface area contributed by atoms with E-state index in [0.29, 0.717) is 0 Å². The van der Waals surface area contributed by atoms with Gasteiger partial charge in [0.2, 0.25) is 0 Å². The van der Waals surface area contributed by atoms with E-state index in [1.165, 1.54) is 0 Å². The maximum Gasteiger partial charge on any atom is 0.161 e. The standard InChI is InChI=1S/C10H13N5S/c1-2-7-15-9(12-13-14-15)8-16-10-5-3-4-6-11-10/h3-6H,2,7-8H2,1H3. The molecule has 2 rings (SSSR count). The average molecular weight is 235 g/mol. The van der Waals surface area contributed by atoms with Crippen LogP contribution in [0.25, 0.3) is 0 Å². The number of rotatable bonds is 5. The highest BCUT2D eigenvalue weighted by Gasteiger charge is 2.05. The van der Waals surface area contributed by atoms with E-state index in [9.17, 15) is 0 Å². The predicted molar refractivity (Wildman–Crippen MR) is 61.9 cm³/mol. The van der Waals surface area contributed by atoms with Crippen LogP contribution in [0.1, 0.15) is 19.2 Å². The first-order valence-electron chi connectivity index (χ1n) is 5.19. The van der Waals surface area contributed by atoms with E-state index in [-0.39, 0.29) is 0 Å². The van der Waals surface area contributed by atoms with Crippen LogP contribution in [0.2, 0.25) is 0 Å². The number of hydrogen-bond donors (Lipinski definition) is 0. The lowest BCUT2D eigenvalue weighted by Gasteiger charge is -2.01. The molecule has 84 valence electrons. The van der Waals surface area contributed by atoms with Crippen LogP contribution in [0.15, 0.2) is 29.4 Å². The molecule has 0 fully saturated rings. The summed E-state index contributed by atoms with van der Waals surface area (Å²) in [5, 5.41) is 12.6. The van der Waals surface area contributed by atoms with E-state index in [0.717, 1.165) is 29.6 Å². The molecule has 16 heavy (non-hydrogen) atoms. The van der Waals surface area contributed by atoms with Gasteiger partial charge in [0.15, 0.2) is 5.82 Å². The Morgan fingerprint density at radius 2 is 2.31 bits per heavy atom. The van der Waals surface area contributed by atoms with Gasteiger partial charge in [-0.1, -0.05) is 24.8 Å². The number of aryl methyl sites for hydroxylation is 1. The second-order valence-corrected chi connectivity index (χ2v) is 4.27. The van der Waals surface area contributed by atoms with E-state index >= 15 is 0 Å². The van der Waals surface area contributed by atoms with Gasteiger partial charge >= 0.3 is 0 Å². The third-order valence-electron chi connectivity index (χ3n) is 2.03. The lowest BCUT2D eigenvalue weighted by Crippen LogP contribution is -2.04. The zero-order valence-electron chi connectivity index (χ0n) is 9.08. The van der Waals surface area contributed by atoms with Gasteiger partial charge in [0.1, 0.15) is 0 Å². The molecule has 2 aromatic heterocycles. The van der Waals surface area contributed by atoms with Crippen molar-refractivity contribution >= 4 is 11.8 Å². The summed E-state index contributed by atoms with van der Waals surface area (Å²) in [6.07, 6.45) is 2.82. The topological polar surface area (TPSA) is 56.5 Å². The average Bonchev–Trinajstić information content (AvgIpc) is 2.76. The first-order chi connectivity index (χ1) is 7.90. The summed E-state index contributed by atoms with van der Waals surface area (Å²) in [7, 11) is 0. The van der Waals surface area contributed by atoms with Crippen molar-refractivity contribution in [1.82, 2.24) is 25.2 Å². The Morgan fingerprint density at radius 3 is 3.06 bits per heavy atom. The Labute approximate surface area is 98.3 Å². The van der Waals surface area contributed by atoms with Gasteiger partial charge in [-0.25, -0.2) is 9.67 Å². The Kier molecular flexibility index (Phi) is 3.87. The van der Waals surface area contributed by atoms with Crippen LogP contribution in [-0.2, 0) is 12.3 Å². The van der Waals surface area contributed by atoms with Crippen molar-refractivity contribution in [2.45, 2.75) is 30.7 Å². The molecule has 0 saturated carbocycles. The van der Waals surface area contributed by atoms with Crippen LogP contribution < -0.4 is 0 Å². The van der Waals surface area contributed by atoms with Crippen molar-refractivity contribution < 1.29 is 0 Å². The van der Waals surface area contributed by atoms with Crippen molar-refractivity contribution in [2.75, 3.05) is 0 Å². The highest BCUT2D eigenvalue weighted by Crippen LogP contribution is 2.18. The Hall–Kier alpha value is -1.43. The largest absolute Gasteiger partial charge is 0.250 e. The van der Waals surface area contributed by atoms with Gasteiger partial charge in [0, 0.05) is 12.7 Å². The smallest absolute Gasteiger partial charge is 0.161 e. The SMILES string of the molecule is CCCn1nnnc1CSc1ccccn1. The van der Waals surface area contributed by atoms with Crippen molar-refractivity contribution in [2.24, 2.45) is 0 Å². The zero-order chi connectivity index (χ0) is 11.2. The minimum atomic E-state index is 0.754. The molecule has 0 amide bonds. The summed E-state index contributed by atoms with van der Waals surface area (Å²) in [6.45, 7) is 2.97. The highest BCUT2D eigenvalue weighted by molar-refractivity contribution is 7.98. The Balaban J connectivity index is 1.97. The van der Waals surface area contributed by atoms with Gasteiger partial charge in [-0.05, 0) is 29.0 Å². The summed E-state index contributed by atoms with van der Waals surface area (Å²) >= 11 is 1.64. The lowest BCUT2D eigenvalue weighted by molar-refractivity contribution is 0.564. The Morgan fingerprint density at radius 1 is 1.38 bits per heavy atom. The second-order valence-electron chi connectivity index (χ2n) is 3.27. The third-order valence-corrected chi connectivity index (χ3v) is 2.97. The van der Waals surface area contributed by atoms with Crippen LogP contribution in [-0.4, -0.2) is 25.2 Å². The van der Waals surface area contributed by atoms with E-state index in [1.54, 1.807) is 18.0 Å². The highest BCUT2D eigenvalue weighted by atomic mass is 32.2. The molecule has 6 heteroatoms. The molecule has 0 aliphatic heterocycles. The maximum absolute atomic E-state index is 4.24. The van der Waals surface area contributed by atoms with Gasteiger partial charge < -0.3 is 0 Å². The number of hydrogen-bond acceptors (Lipinski definition) is 5. The first kappa shape index (κ1) is 11.1. The molecule has 0 aliphatic rings. The summed E-state index contributed by atoms with van der Waals surface area (Å²) in [6, 6.07) is 5.87. The van der Waals surface area contributed by atoms with Crippen molar-refractivity contribution in [3.8, 4) is 0 Å². The van der Waals surface area contributed by atoms with Crippen LogP contribution in [0, 0.1) is 0 Å². The van der Waals surface area contributed by atoms with Crippen LogP contribution >= 0.6 is 11.8 Å². The maximum atomic E-state index is 4.24. The lowest BCUT2D eigenvalue weighted by atomic mass is 10.5. The van der Waals surface area contributed by atoms with Crippen LogP contribution in [0.5, 0.6) is 0 Å². The molecular weight excluding hydrogens is 222 g/mol. The molecule has 0 spiro atoms. The van der Waals surface area contributed by atoms with Gasteiger partial charge in [-0.2, -0.15) is 0 Å². The van der Waals surface area contributed by atoms with Crippen LogP contribution in [0.3, 0.4) is 0 Å². The first-order valence-corrected chi connectivity index (χ1v) is 6.17. The summed E-state index contributed by atoms with van der Waals surface area (Å²) < 4.78 is 1.84. The molecule has 2 heterocycles. The quantitative estimate of drug-likeness (QED) is 0.739. The van der Waals surface area contributed by atoms with E-state index in [4.69, 9.17) is 0 Å². The molecule has 2 aromatic rings. The summed E-state index contributed by atoms with van der Waals surface area (Å²) in [5.41, 5.74) is 0. The Bertz CT molecular complexity index is 428. The monoisotopic (exact) mass is 235 g/mol. The van der Waals surface area contributed by atoms with Crippen molar-refractivity contribution in [1.29, 1.82) is 0 Å². The number of pyridine rings is 1.